The lowest BCUT2D eigenvalue weighted by atomic mass is 10.2. The fourth-order valence-electron chi connectivity index (χ4n) is 2.32. The number of imidazole rings is 1. The molecule has 2 aromatic rings. The van der Waals surface area contributed by atoms with Crippen molar-refractivity contribution in [2.75, 3.05) is 12.0 Å². The third-order valence-corrected chi connectivity index (χ3v) is 5.99. The summed E-state index contributed by atoms with van der Waals surface area (Å²) in [5, 5.41) is 4.46. The van der Waals surface area contributed by atoms with E-state index in [9.17, 15) is 8.42 Å². The van der Waals surface area contributed by atoms with Crippen LogP contribution in [0.4, 0.5) is 5.95 Å². The van der Waals surface area contributed by atoms with Gasteiger partial charge in [0.2, 0.25) is 5.95 Å². The standard InChI is InChI=1S/C13H23N5O2S/c1-6-7-9-10-11(17(4)16-9)18(12(14)15-10)8-13(2,3)21(5,19)20/h6-8H2,1-5H3,(H2,14,15). The molecule has 2 N–H and O–H groups in total. The van der Waals surface area contributed by atoms with Gasteiger partial charge in [0.25, 0.3) is 0 Å². The quantitative estimate of drug-likeness (QED) is 0.892. The molecule has 8 heteroatoms. The molecular weight excluding hydrogens is 290 g/mol. The molecule has 2 heterocycles. The molecule has 0 aliphatic heterocycles. The summed E-state index contributed by atoms with van der Waals surface area (Å²) in [6.07, 6.45) is 3.03. The molecule has 0 unspecified atom stereocenters. The number of aromatic nitrogens is 4. The van der Waals surface area contributed by atoms with Crippen LogP contribution in [0.3, 0.4) is 0 Å². The predicted molar refractivity (Wildman–Crippen MR) is 83.8 cm³/mol. The lowest BCUT2D eigenvalue weighted by molar-refractivity contribution is 0.506. The Balaban J connectivity index is 2.58. The maximum absolute atomic E-state index is 11.9. The minimum atomic E-state index is -3.21. The highest BCUT2D eigenvalue weighted by molar-refractivity contribution is 7.92. The monoisotopic (exact) mass is 313 g/mol. The molecule has 118 valence electrons. The summed E-state index contributed by atoms with van der Waals surface area (Å²) in [5.74, 6) is 0.326. The van der Waals surface area contributed by atoms with Crippen LogP contribution in [0, 0.1) is 0 Å². The number of sulfone groups is 1. The van der Waals surface area contributed by atoms with E-state index in [2.05, 4.69) is 17.0 Å². The molecule has 21 heavy (non-hydrogen) atoms. The van der Waals surface area contributed by atoms with Gasteiger partial charge in [0.15, 0.2) is 15.5 Å². The van der Waals surface area contributed by atoms with Gasteiger partial charge < -0.3 is 5.73 Å². The predicted octanol–water partition coefficient (Wildman–Crippen LogP) is 1.13. The van der Waals surface area contributed by atoms with Crippen molar-refractivity contribution in [3.63, 3.8) is 0 Å². The molecule has 0 saturated heterocycles. The summed E-state index contributed by atoms with van der Waals surface area (Å²) in [5.41, 5.74) is 8.43. The van der Waals surface area contributed by atoms with E-state index in [0.29, 0.717) is 5.95 Å². The van der Waals surface area contributed by atoms with Gasteiger partial charge >= 0.3 is 0 Å². The first-order valence-corrected chi connectivity index (χ1v) is 8.85. The Hall–Kier alpha value is -1.57. The molecule has 0 aliphatic rings. The van der Waals surface area contributed by atoms with Gasteiger partial charge in [-0.1, -0.05) is 13.3 Å². The first-order chi connectivity index (χ1) is 9.58. The van der Waals surface area contributed by atoms with Gasteiger partial charge in [-0.3, -0.25) is 9.25 Å². The molecule has 0 bridgehead atoms. The molecule has 0 aromatic carbocycles. The van der Waals surface area contributed by atoms with Crippen molar-refractivity contribution in [1.29, 1.82) is 0 Å². The normalized spacial score (nSPS) is 13.2. The number of rotatable bonds is 5. The van der Waals surface area contributed by atoms with Crippen LogP contribution in [-0.4, -0.2) is 38.8 Å². The van der Waals surface area contributed by atoms with Crippen molar-refractivity contribution in [1.82, 2.24) is 19.3 Å². The molecule has 0 fully saturated rings. The zero-order valence-electron chi connectivity index (χ0n) is 13.2. The smallest absolute Gasteiger partial charge is 0.202 e. The van der Waals surface area contributed by atoms with Crippen LogP contribution >= 0.6 is 0 Å². The molecule has 2 aromatic heterocycles. The van der Waals surface area contributed by atoms with Crippen LogP contribution in [0.2, 0.25) is 0 Å². The minimum absolute atomic E-state index is 0.249. The third-order valence-electron chi connectivity index (χ3n) is 3.85. The maximum Gasteiger partial charge on any atom is 0.202 e. The van der Waals surface area contributed by atoms with Crippen LogP contribution in [0.1, 0.15) is 32.9 Å². The Morgan fingerprint density at radius 1 is 1.33 bits per heavy atom. The molecule has 2 rings (SSSR count). The summed E-state index contributed by atoms with van der Waals surface area (Å²) >= 11 is 0. The SMILES string of the molecule is CCCc1nn(C)c2c1nc(N)n2CC(C)(C)S(C)(=O)=O. The van der Waals surface area contributed by atoms with Crippen molar-refractivity contribution >= 4 is 26.9 Å². The number of anilines is 1. The van der Waals surface area contributed by atoms with E-state index in [0.717, 1.165) is 29.7 Å². The summed E-state index contributed by atoms with van der Waals surface area (Å²) < 4.78 is 26.4. The first kappa shape index (κ1) is 15.8. The fourth-order valence-corrected chi connectivity index (χ4v) is 2.68. The number of nitrogens with two attached hydrogens (primary N) is 1. The third kappa shape index (κ3) is 2.64. The summed E-state index contributed by atoms with van der Waals surface area (Å²) in [7, 11) is -1.39. The van der Waals surface area contributed by atoms with Crippen LogP contribution < -0.4 is 5.73 Å². The molecule has 0 aliphatic carbocycles. The van der Waals surface area contributed by atoms with E-state index < -0.39 is 14.6 Å². The van der Waals surface area contributed by atoms with Crippen LogP contribution in [0.15, 0.2) is 0 Å². The van der Waals surface area contributed by atoms with Crippen molar-refractivity contribution in [3.8, 4) is 0 Å². The van der Waals surface area contributed by atoms with Crippen molar-refractivity contribution < 1.29 is 8.42 Å². The molecule has 0 amide bonds. The average molecular weight is 313 g/mol. The highest BCUT2D eigenvalue weighted by Gasteiger charge is 2.32. The second-order valence-corrected chi connectivity index (χ2v) is 8.73. The Morgan fingerprint density at radius 3 is 2.48 bits per heavy atom. The molecule has 0 radical (unpaired) electrons. The van der Waals surface area contributed by atoms with E-state index in [4.69, 9.17) is 5.73 Å². The van der Waals surface area contributed by atoms with Gasteiger partial charge in [-0.05, 0) is 20.3 Å². The van der Waals surface area contributed by atoms with Gasteiger partial charge in [0.1, 0.15) is 5.52 Å². The lowest BCUT2D eigenvalue weighted by Crippen LogP contribution is -2.36. The summed E-state index contributed by atoms with van der Waals surface area (Å²) in [4.78, 5) is 4.38. The highest BCUT2D eigenvalue weighted by Crippen LogP contribution is 2.26. The Labute approximate surface area is 125 Å². The minimum Gasteiger partial charge on any atom is -0.369 e. The van der Waals surface area contributed by atoms with E-state index in [1.807, 2.05) is 7.05 Å². The van der Waals surface area contributed by atoms with Gasteiger partial charge in [0.05, 0.1) is 10.4 Å². The number of aryl methyl sites for hydroxylation is 2. The second-order valence-electron chi connectivity index (χ2n) is 6.08. The molecule has 0 atom stereocenters. The van der Waals surface area contributed by atoms with Crippen molar-refractivity contribution in [2.24, 2.45) is 7.05 Å². The Morgan fingerprint density at radius 2 is 1.95 bits per heavy atom. The van der Waals surface area contributed by atoms with E-state index in [-0.39, 0.29) is 6.54 Å². The highest BCUT2D eigenvalue weighted by atomic mass is 32.2. The van der Waals surface area contributed by atoms with Gasteiger partial charge in [0, 0.05) is 19.8 Å². The molecule has 7 nitrogen and oxygen atoms in total. The van der Waals surface area contributed by atoms with Gasteiger partial charge in [-0.15, -0.1) is 0 Å². The number of hydrogen-bond acceptors (Lipinski definition) is 5. The lowest BCUT2D eigenvalue weighted by Gasteiger charge is -2.23. The topological polar surface area (TPSA) is 95.8 Å². The van der Waals surface area contributed by atoms with Crippen LogP contribution in [0.25, 0.3) is 11.2 Å². The Bertz CT molecular complexity index is 770. The van der Waals surface area contributed by atoms with Crippen molar-refractivity contribution in [3.05, 3.63) is 5.69 Å². The molecule has 0 saturated carbocycles. The van der Waals surface area contributed by atoms with E-state index in [1.165, 1.54) is 6.26 Å². The van der Waals surface area contributed by atoms with E-state index >= 15 is 0 Å². The summed E-state index contributed by atoms with van der Waals surface area (Å²) in [6, 6.07) is 0. The van der Waals surface area contributed by atoms with Crippen molar-refractivity contribution in [2.45, 2.75) is 44.9 Å². The van der Waals surface area contributed by atoms with Gasteiger partial charge in [-0.25, -0.2) is 13.4 Å². The summed E-state index contributed by atoms with van der Waals surface area (Å²) in [6.45, 7) is 5.71. The Kier molecular flexibility index (Phi) is 3.77. The molecule has 0 spiro atoms. The first-order valence-electron chi connectivity index (χ1n) is 6.95. The maximum atomic E-state index is 11.9. The molecular formula is C13H23N5O2S. The number of nitrogens with zero attached hydrogens (tertiary/aromatic N) is 4. The number of hydrogen-bond donors (Lipinski definition) is 1. The number of fused-ring (bicyclic) bond motifs is 1. The van der Waals surface area contributed by atoms with Crippen LogP contribution in [0.5, 0.6) is 0 Å². The van der Waals surface area contributed by atoms with Gasteiger partial charge in [-0.2, -0.15) is 5.10 Å². The largest absolute Gasteiger partial charge is 0.369 e. The fraction of sp³-hybridized carbons (Fsp3) is 0.692. The second kappa shape index (κ2) is 5.01. The van der Waals surface area contributed by atoms with Crippen LogP contribution in [-0.2, 0) is 29.9 Å². The average Bonchev–Trinajstić information content (AvgIpc) is 2.78. The zero-order chi connectivity index (χ0) is 16.0. The zero-order valence-corrected chi connectivity index (χ0v) is 14.0. The van der Waals surface area contributed by atoms with E-state index in [1.54, 1.807) is 23.1 Å². The number of nitrogen functional groups attached to an aromatic ring is 1.